The molecule has 8 heteroatoms. The Balaban J connectivity index is 1.66. The van der Waals surface area contributed by atoms with Crippen molar-refractivity contribution in [2.24, 2.45) is 11.3 Å². The maximum Gasteiger partial charge on any atom is 0.228 e. The first-order chi connectivity index (χ1) is 10.7. The van der Waals surface area contributed by atoms with Gasteiger partial charge in [0.1, 0.15) is 0 Å². The number of aromatic nitrogens is 3. The second-order valence-corrected chi connectivity index (χ2v) is 5.95. The van der Waals surface area contributed by atoms with Crippen molar-refractivity contribution in [3.05, 3.63) is 12.4 Å². The Labute approximate surface area is 128 Å². The molecular formula is C14H21N5O3. The highest BCUT2D eigenvalue weighted by molar-refractivity contribution is 5.85. The van der Waals surface area contributed by atoms with Crippen LogP contribution in [0.3, 0.4) is 0 Å². The van der Waals surface area contributed by atoms with Crippen molar-refractivity contribution in [2.45, 2.75) is 19.4 Å². The lowest BCUT2D eigenvalue weighted by molar-refractivity contribution is -0.139. The summed E-state index contributed by atoms with van der Waals surface area (Å²) in [4.78, 5) is 26.6. The summed E-state index contributed by atoms with van der Waals surface area (Å²) in [5.74, 6) is 0.150. The molecule has 0 saturated carbocycles. The van der Waals surface area contributed by atoms with Gasteiger partial charge in [0.15, 0.2) is 0 Å². The molecule has 0 unspecified atom stereocenters. The summed E-state index contributed by atoms with van der Waals surface area (Å²) in [5.41, 5.74) is -0.490. The minimum absolute atomic E-state index is 0.0207. The first kappa shape index (κ1) is 15.0. The lowest BCUT2D eigenvalue weighted by Gasteiger charge is -2.36. The van der Waals surface area contributed by atoms with Gasteiger partial charge in [-0.1, -0.05) is 5.21 Å². The van der Waals surface area contributed by atoms with E-state index in [2.05, 4.69) is 15.6 Å². The number of rotatable bonds is 4. The van der Waals surface area contributed by atoms with E-state index >= 15 is 0 Å². The van der Waals surface area contributed by atoms with Crippen LogP contribution in [0.5, 0.6) is 0 Å². The van der Waals surface area contributed by atoms with E-state index in [1.807, 2.05) is 0 Å². The number of hydrogen-bond acceptors (Lipinski definition) is 5. The maximum atomic E-state index is 12.4. The molecule has 1 aromatic heterocycles. The van der Waals surface area contributed by atoms with Gasteiger partial charge in [0.05, 0.1) is 24.8 Å². The molecule has 2 fully saturated rings. The van der Waals surface area contributed by atoms with E-state index in [0.717, 1.165) is 0 Å². The molecule has 120 valence electrons. The van der Waals surface area contributed by atoms with Crippen molar-refractivity contribution in [3.8, 4) is 0 Å². The van der Waals surface area contributed by atoms with Gasteiger partial charge in [-0.3, -0.25) is 14.3 Å². The average Bonchev–Trinajstić information content (AvgIpc) is 3.19. The third kappa shape index (κ3) is 2.58. The summed E-state index contributed by atoms with van der Waals surface area (Å²) in [6, 6.07) is 0. The summed E-state index contributed by atoms with van der Waals surface area (Å²) in [6.07, 6.45) is 4.36. The number of amides is 2. The number of likely N-dealkylation sites (tertiary alicyclic amines) is 1. The maximum absolute atomic E-state index is 12.4. The summed E-state index contributed by atoms with van der Waals surface area (Å²) >= 11 is 0. The molecule has 3 heterocycles. The number of hydrogen-bond donors (Lipinski definition) is 1. The van der Waals surface area contributed by atoms with E-state index in [1.165, 1.54) is 0 Å². The number of ether oxygens (including phenoxy) is 1. The number of aryl methyl sites for hydroxylation is 1. The molecule has 22 heavy (non-hydrogen) atoms. The van der Waals surface area contributed by atoms with Crippen molar-refractivity contribution in [1.29, 1.82) is 0 Å². The molecule has 1 N–H and O–H groups in total. The van der Waals surface area contributed by atoms with Crippen LogP contribution in [0.1, 0.15) is 12.8 Å². The van der Waals surface area contributed by atoms with Crippen LogP contribution < -0.4 is 5.32 Å². The van der Waals surface area contributed by atoms with Gasteiger partial charge in [0, 0.05) is 45.3 Å². The molecule has 0 aromatic carbocycles. The molecule has 2 atom stereocenters. The molecule has 1 aromatic rings. The monoisotopic (exact) mass is 307 g/mol. The van der Waals surface area contributed by atoms with Gasteiger partial charge in [0.2, 0.25) is 11.8 Å². The second-order valence-electron chi connectivity index (χ2n) is 5.95. The highest BCUT2D eigenvalue weighted by Gasteiger charge is 2.54. The van der Waals surface area contributed by atoms with Gasteiger partial charge in [-0.2, -0.15) is 0 Å². The smallest absolute Gasteiger partial charge is 0.228 e. The quantitative estimate of drug-likeness (QED) is 0.793. The van der Waals surface area contributed by atoms with Gasteiger partial charge in [-0.15, -0.1) is 5.10 Å². The highest BCUT2D eigenvalue weighted by atomic mass is 16.5. The topological polar surface area (TPSA) is 89.4 Å². The highest BCUT2D eigenvalue weighted by Crippen LogP contribution is 2.42. The fourth-order valence-corrected chi connectivity index (χ4v) is 3.48. The van der Waals surface area contributed by atoms with Gasteiger partial charge < -0.3 is 15.0 Å². The molecule has 2 aliphatic rings. The summed E-state index contributed by atoms with van der Waals surface area (Å²) in [6.45, 7) is 2.69. The Kier molecular flexibility index (Phi) is 4.10. The molecular weight excluding hydrogens is 286 g/mol. The minimum atomic E-state index is -0.490. The third-order valence-corrected chi connectivity index (χ3v) is 4.77. The van der Waals surface area contributed by atoms with Gasteiger partial charge >= 0.3 is 0 Å². The van der Waals surface area contributed by atoms with Crippen molar-refractivity contribution >= 4 is 11.8 Å². The van der Waals surface area contributed by atoms with E-state index < -0.39 is 5.41 Å². The fraction of sp³-hybridized carbons (Fsp3) is 0.714. The largest absolute Gasteiger partial charge is 0.381 e. The zero-order valence-electron chi connectivity index (χ0n) is 12.7. The van der Waals surface area contributed by atoms with Crippen LogP contribution in [0.25, 0.3) is 0 Å². The van der Waals surface area contributed by atoms with Crippen LogP contribution in [-0.2, 0) is 20.9 Å². The zero-order chi connectivity index (χ0) is 15.6. The van der Waals surface area contributed by atoms with Crippen LogP contribution in [0, 0.1) is 11.3 Å². The van der Waals surface area contributed by atoms with E-state index in [0.29, 0.717) is 45.7 Å². The minimum Gasteiger partial charge on any atom is -0.381 e. The predicted octanol–water partition coefficient (Wildman–Crippen LogP) is -0.721. The van der Waals surface area contributed by atoms with Crippen molar-refractivity contribution in [3.63, 3.8) is 0 Å². The molecule has 0 spiro atoms. The van der Waals surface area contributed by atoms with Crippen molar-refractivity contribution in [1.82, 2.24) is 25.2 Å². The molecule has 0 bridgehead atoms. The standard InChI is InChI=1S/C14H21N5O3/c1-15-13(21)14-3-7-22-9-11(14)8-18(10-14)12(20)2-5-19-6-4-16-17-19/h4,6,11H,2-3,5,7-10H2,1H3,(H,15,21)/t11-,14+/m1/s1. The molecule has 0 radical (unpaired) electrons. The summed E-state index contributed by atoms with van der Waals surface area (Å²) < 4.78 is 7.15. The van der Waals surface area contributed by atoms with Crippen molar-refractivity contribution < 1.29 is 14.3 Å². The normalized spacial score (nSPS) is 27.5. The number of carbonyl (C=O) groups is 2. The Morgan fingerprint density at radius 3 is 3.09 bits per heavy atom. The molecule has 8 nitrogen and oxygen atoms in total. The first-order valence-corrected chi connectivity index (χ1v) is 7.57. The average molecular weight is 307 g/mol. The van der Waals surface area contributed by atoms with E-state index in [4.69, 9.17) is 4.74 Å². The van der Waals surface area contributed by atoms with Crippen molar-refractivity contribution in [2.75, 3.05) is 33.4 Å². The number of fused-ring (bicyclic) bond motifs is 1. The Morgan fingerprint density at radius 2 is 2.36 bits per heavy atom. The van der Waals surface area contributed by atoms with E-state index in [1.54, 1.807) is 29.0 Å². The fourth-order valence-electron chi connectivity index (χ4n) is 3.48. The summed E-state index contributed by atoms with van der Waals surface area (Å²) in [5, 5.41) is 10.3. The lowest BCUT2D eigenvalue weighted by atomic mass is 9.73. The Morgan fingerprint density at radius 1 is 1.50 bits per heavy atom. The number of nitrogens with one attached hydrogen (secondary N) is 1. The SMILES string of the molecule is CNC(=O)[C@]12CCOC[C@H]1CN(C(=O)CCn1ccnn1)C2. The predicted molar refractivity (Wildman–Crippen MR) is 76.6 cm³/mol. The van der Waals surface area contributed by atoms with Crippen LogP contribution in [0.15, 0.2) is 12.4 Å². The number of carbonyl (C=O) groups excluding carboxylic acids is 2. The van der Waals surface area contributed by atoms with E-state index in [-0.39, 0.29) is 17.7 Å². The third-order valence-electron chi connectivity index (χ3n) is 4.77. The zero-order valence-corrected chi connectivity index (χ0v) is 12.7. The van der Waals surface area contributed by atoms with E-state index in [9.17, 15) is 9.59 Å². The Bertz CT molecular complexity index is 547. The second kappa shape index (κ2) is 6.04. The van der Waals surface area contributed by atoms with Gasteiger partial charge in [0.25, 0.3) is 0 Å². The lowest BCUT2D eigenvalue weighted by Crippen LogP contribution is -2.49. The first-order valence-electron chi connectivity index (χ1n) is 7.57. The van der Waals surface area contributed by atoms with Crippen LogP contribution in [-0.4, -0.2) is 65.1 Å². The Hall–Kier alpha value is -1.96. The summed E-state index contributed by atoms with van der Waals surface area (Å²) in [7, 11) is 1.65. The molecule has 2 amide bonds. The van der Waals surface area contributed by atoms with Gasteiger partial charge in [-0.05, 0) is 6.42 Å². The van der Waals surface area contributed by atoms with Crippen LogP contribution in [0.4, 0.5) is 0 Å². The molecule has 0 aliphatic carbocycles. The van der Waals surface area contributed by atoms with Crippen LogP contribution in [0.2, 0.25) is 0 Å². The van der Waals surface area contributed by atoms with Crippen LogP contribution >= 0.6 is 0 Å². The molecule has 3 rings (SSSR count). The number of nitrogens with zero attached hydrogens (tertiary/aromatic N) is 4. The molecule has 2 aliphatic heterocycles. The molecule has 2 saturated heterocycles. The van der Waals surface area contributed by atoms with Gasteiger partial charge in [-0.25, -0.2) is 0 Å².